The molecule has 0 aromatic carbocycles. The van der Waals surface area contributed by atoms with Gasteiger partial charge in [0.05, 0.1) is 17.4 Å². The molecule has 6 heteroatoms. The molecule has 1 amide bonds. The second kappa shape index (κ2) is 4.57. The number of amides is 1. The van der Waals surface area contributed by atoms with Crippen molar-refractivity contribution in [1.82, 2.24) is 4.90 Å². The lowest BCUT2D eigenvalue weighted by Crippen LogP contribution is -2.39. The Morgan fingerprint density at radius 2 is 2.18 bits per heavy atom. The molecule has 3 unspecified atom stereocenters. The highest BCUT2D eigenvalue weighted by molar-refractivity contribution is 7.91. The summed E-state index contributed by atoms with van der Waals surface area (Å²) >= 11 is 0. The molecule has 2 saturated heterocycles. The molecule has 2 aliphatic rings. The van der Waals surface area contributed by atoms with E-state index in [1.54, 1.807) is 0 Å². The van der Waals surface area contributed by atoms with Gasteiger partial charge in [0.1, 0.15) is 0 Å². The van der Waals surface area contributed by atoms with Gasteiger partial charge in [-0.2, -0.15) is 0 Å². The van der Waals surface area contributed by atoms with Gasteiger partial charge in [-0.05, 0) is 32.2 Å². The van der Waals surface area contributed by atoms with E-state index in [-0.39, 0.29) is 29.4 Å². The van der Waals surface area contributed by atoms with Gasteiger partial charge in [-0.25, -0.2) is 8.42 Å². The van der Waals surface area contributed by atoms with Crippen molar-refractivity contribution in [1.29, 1.82) is 0 Å². The number of carbonyl (C=O) groups excluding carboxylic acids is 1. The first-order valence-electron chi connectivity index (χ1n) is 6.14. The summed E-state index contributed by atoms with van der Waals surface area (Å²) in [6.07, 6.45) is 1.42. The molecule has 0 bridgehead atoms. The van der Waals surface area contributed by atoms with E-state index in [1.807, 2.05) is 11.8 Å². The Kier molecular flexibility index (Phi) is 3.45. The van der Waals surface area contributed by atoms with Crippen LogP contribution in [0.5, 0.6) is 0 Å². The van der Waals surface area contributed by atoms with Crippen LogP contribution in [-0.4, -0.2) is 49.9 Å². The van der Waals surface area contributed by atoms with Crippen molar-refractivity contribution in [2.75, 3.05) is 24.6 Å². The molecule has 0 spiro atoms. The molecule has 2 fully saturated rings. The molecule has 2 aliphatic heterocycles. The monoisotopic (exact) mass is 260 g/mol. The molecule has 0 saturated carbocycles. The SMILES string of the molecule is CC1CC(CN)CN1C(=O)C1CCS(=O)(=O)C1. The van der Waals surface area contributed by atoms with Crippen molar-refractivity contribution in [3.8, 4) is 0 Å². The Morgan fingerprint density at radius 1 is 1.47 bits per heavy atom. The third kappa shape index (κ3) is 2.63. The van der Waals surface area contributed by atoms with Crippen molar-refractivity contribution in [3.63, 3.8) is 0 Å². The molecular weight excluding hydrogens is 240 g/mol. The van der Waals surface area contributed by atoms with Gasteiger partial charge in [-0.15, -0.1) is 0 Å². The van der Waals surface area contributed by atoms with Crippen molar-refractivity contribution in [2.45, 2.75) is 25.8 Å². The van der Waals surface area contributed by atoms with Gasteiger partial charge in [0.2, 0.25) is 5.91 Å². The highest BCUT2D eigenvalue weighted by Gasteiger charge is 2.39. The molecule has 0 aliphatic carbocycles. The van der Waals surface area contributed by atoms with Gasteiger partial charge >= 0.3 is 0 Å². The Labute approximate surface area is 102 Å². The number of sulfone groups is 1. The fourth-order valence-corrected chi connectivity index (χ4v) is 4.58. The molecule has 0 aromatic rings. The average molecular weight is 260 g/mol. The quantitative estimate of drug-likeness (QED) is 0.733. The normalized spacial score (nSPS) is 36.4. The lowest BCUT2D eigenvalue weighted by atomic mass is 10.1. The predicted molar refractivity (Wildman–Crippen MR) is 65.1 cm³/mol. The highest BCUT2D eigenvalue weighted by atomic mass is 32.2. The Balaban J connectivity index is 2.02. The van der Waals surface area contributed by atoms with Crippen LogP contribution in [0.1, 0.15) is 19.8 Å². The number of carbonyl (C=O) groups is 1. The summed E-state index contributed by atoms with van der Waals surface area (Å²) in [7, 11) is -2.98. The third-order valence-electron chi connectivity index (χ3n) is 3.86. The van der Waals surface area contributed by atoms with Gasteiger partial charge in [-0.3, -0.25) is 4.79 Å². The Morgan fingerprint density at radius 3 is 2.65 bits per heavy atom. The maximum Gasteiger partial charge on any atom is 0.226 e. The summed E-state index contributed by atoms with van der Waals surface area (Å²) in [6.45, 7) is 3.29. The zero-order chi connectivity index (χ0) is 12.6. The minimum atomic E-state index is -2.98. The lowest BCUT2D eigenvalue weighted by molar-refractivity contribution is -0.135. The molecule has 2 heterocycles. The minimum absolute atomic E-state index is 0.00882. The molecule has 2 N–H and O–H groups in total. The maximum atomic E-state index is 12.2. The zero-order valence-electron chi connectivity index (χ0n) is 10.1. The van der Waals surface area contributed by atoms with Crippen LogP contribution in [0.15, 0.2) is 0 Å². The number of hydrogen-bond acceptors (Lipinski definition) is 4. The van der Waals surface area contributed by atoms with E-state index in [4.69, 9.17) is 5.73 Å². The summed E-state index contributed by atoms with van der Waals surface area (Å²) in [6, 6.07) is 0.194. The largest absolute Gasteiger partial charge is 0.339 e. The van der Waals surface area contributed by atoms with Gasteiger partial charge in [0, 0.05) is 12.6 Å². The molecule has 0 aromatic heterocycles. The maximum absolute atomic E-state index is 12.2. The topological polar surface area (TPSA) is 80.5 Å². The molecule has 5 nitrogen and oxygen atoms in total. The van der Waals surface area contributed by atoms with E-state index in [2.05, 4.69) is 0 Å². The first-order chi connectivity index (χ1) is 7.93. The van der Waals surface area contributed by atoms with E-state index in [0.29, 0.717) is 25.4 Å². The molecule has 17 heavy (non-hydrogen) atoms. The van der Waals surface area contributed by atoms with Crippen LogP contribution in [-0.2, 0) is 14.6 Å². The average Bonchev–Trinajstić information content (AvgIpc) is 2.80. The standard InChI is InChI=1S/C11H20N2O3S/c1-8-4-9(5-12)6-13(8)11(14)10-2-3-17(15,16)7-10/h8-10H,2-7,12H2,1H3. The van der Waals surface area contributed by atoms with Crippen LogP contribution in [0.3, 0.4) is 0 Å². The fourth-order valence-electron chi connectivity index (χ4n) is 2.84. The smallest absolute Gasteiger partial charge is 0.226 e. The van der Waals surface area contributed by atoms with Crippen molar-refractivity contribution in [2.24, 2.45) is 17.6 Å². The molecule has 98 valence electrons. The summed E-state index contributed by atoms with van der Waals surface area (Å²) in [4.78, 5) is 14.1. The number of nitrogens with zero attached hydrogens (tertiary/aromatic N) is 1. The van der Waals surface area contributed by atoms with Crippen molar-refractivity contribution < 1.29 is 13.2 Å². The van der Waals surface area contributed by atoms with E-state index in [0.717, 1.165) is 6.42 Å². The molecular formula is C11H20N2O3S. The van der Waals surface area contributed by atoms with Crippen LogP contribution in [0.4, 0.5) is 0 Å². The lowest BCUT2D eigenvalue weighted by Gasteiger charge is -2.24. The minimum Gasteiger partial charge on any atom is -0.339 e. The van der Waals surface area contributed by atoms with E-state index < -0.39 is 9.84 Å². The van der Waals surface area contributed by atoms with Crippen molar-refractivity contribution in [3.05, 3.63) is 0 Å². The second-order valence-corrected chi connectivity index (χ2v) is 7.51. The van der Waals surface area contributed by atoms with Crippen LogP contribution in [0, 0.1) is 11.8 Å². The number of rotatable bonds is 2. The summed E-state index contributed by atoms with van der Waals surface area (Å²) in [5.74, 6) is 0.245. The van der Waals surface area contributed by atoms with E-state index in [9.17, 15) is 13.2 Å². The van der Waals surface area contributed by atoms with Crippen LogP contribution in [0.2, 0.25) is 0 Å². The zero-order valence-corrected chi connectivity index (χ0v) is 10.9. The van der Waals surface area contributed by atoms with Crippen LogP contribution >= 0.6 is 0 Å². The molecule has 3 atom stereocenters. The Hall–Kier alpha value is -0.620. The van der Waals surface area contributed by atoms with Gasteiger partial charge in [0.25, 0.3) is 0 Å². The van der Waals surface area contributed by atoms with Gasteiger partial charge < -0.3 is 10.6 Å². The summed E-state index contributed by atoms with van der Waals surface area (Å²) in [5.41, 5.74) is 5.62. The van der Waals surface area contributed by atoms with E-state index in [1.165, 1.54) is 0 Å². The predicted octanol–water partition coefficient (Wildman–Crippen LogP) is -0.383. The third-order valence-corrected chi connectivity index (χ3v) is 5.63. The summed E-state index contributed by atoms with van der Waals surface area (Å²) in [5, 5.41) is 0. The van der Waals surface area contributed by atoms with E-state index >= 15 is 0 Å². The summed E-state index contributed by atoms with van der Waals surface area (Å²) < 4.78 is 22.7. The number of likely N-dealkylation sites (tertiary alicyclic amines) is 1. The molecule has 2 rings (SSSR count). The fraction of sp³-hybridized carbons (Fsp3) is 0.909. The van der Waals surface area contributed by atoms with Crippen LogP contribution in [0.25, 0.3) is 0 Å². The second-order valence-electron chi connectivity index (χ2n) is 5.28. The Bertz CT molecular complexity index is 407. The van der Waals surface area contributed by atoms with Crippen LogP contribution < -0.4 is 5.73 Å². The van der Waals surface area contributed by atoms with Crippen molar-refractivity contribution >= 4 is 15.7 Å². The highest BCUT2D eigenvalue weighted by Crippen LogP contribution is 2.27. The molecule has 0 radical (unpaired) electrons. The number of nitrogens with two attached hydrogens (primary N) is 1. The van der Waals surface area contributed by atoms with Gasteiger partial charge in [0.15, 0.2) is 9.84 Å². The number of hydrogen-bond donors (Lipinski definition) is 1. The first-order valence-corrected chi connectivity index (χ1v) is 7.96. The first kappa shape index (κ1) is 12.8. The van der Waals surface area contributed by atoms with Gasteiger partial charge in [-0.1, -0.05) is 0 Å².